The monoisotopic (exact) mass is 1170 g/mol. The molecule has 5 N–H and O–H groups in total. The Bertz CT molecular complexity index is 2310. The molecule has 0 saturated heterocycles. The van der Waals surface area contributed by atoms with Gasteiger partial charge in [-0.3, -0.25) is 24.0 Å². The molecule has 468 valence electrons. The largest absolute Gasteiger partial charge is 0.456 e. The van der Waals surface area contributed by atoms with Crippen molar-refractivity contribution in [3.05, 3.63) is 59.2 Å². The molecule has 0 saturated carbocycles. The van der Waals surface area contributed by atoms with Gasteiger partial charge in [0.15, 0.2) is 6.10 Å². The number of allylic oxidation sites excluding steroid dienone is 1. The van der Waals surface area contributed by atoms with Crippen LogP contribution in [0.4, 0.5) is 9.59 Å². The highest BCUT2D eigenvalue weighted by Crippen LogP contribution is 2.26. The van der Waals surface area contributed by atoms with Gasteiger partial charge in [-0.15, -0.1) is 0 Å². The van der Waals surface area contributed by atoms with Gasteiger partial charge in [-0.2, -0.15) is 0 Å². The van der Waals surface area contributed by atoms with Gasteiger partial charge in [-0.25, -0.2) is 19.2 Å². The topological polar surface area (TPSA) is 285 Å². The van der Waals surface area contributed by atoms with Gasteiger partial charge in [-0.1, -0.05) is 83.5 Å². The predicted octanol–water partition coefficient (Wildman–Crippen LogP) is 5.33. The summed E-state index contributed by atoms with van der Waals surface area (Å²) >= 11 is 0. The van der Waals surface area contributed by atoms with E-state index < -0.39 is 120 Å². The van der Waals surface area contributed by atoms with Gasteiger partial charge in [0.1, 0.15) is 42.0 Å². The summed E-state index contributed by atoms with van der Waals surface area (Å²) in [6, 6.07) is 4.23. The summed E-state index contributed by atoms with van der Waals surface area (Å²) in [5.74, 6) is -6.36. The molecule has 1 aromatic carbocycles. The molecule has 0 radical (unpaired) electrons. The molecular formula is C60H97N7O16. The molecule has 1 aliphatic rings. The molecule has 0 bridgehead atoms. The highest BCUT2D eigenvalue weighted by molar-refractivity contribution is 5.96. The van der Waals surface area contributed by atoms with Crippen LogP contribution in [0.15, 0.2) is 53.6 Å². The van der Waals surface area contributed by atoms with Crippen molar-refractivity contribution in [3.8, 4) is 0 Å². The van der Waals surface area contributed by atoms with Crippen LogP contribution in [0.3, 0.4) is 0 Å². The Hall–Kier alpha value is -6.59. The van der Waals surface area contributed by atoms with Gasteiger partial charge in [0.2, 0.25) is 23.6 Å². The van der Waals surface area contributed by atoms with Crippen LogP contribution in [0.25, 0.3) is 0 Å². The van der Waals surface area contributed by atoms with Gasteiger partial charge in [0.05, 0.1) is 33.0 Å². The van der Waals surface area contributed by atoms with Crippen molar-refractivity contribution in [2.75, 3.05) is 73.4 Å². The molecule has 23 nitrogen and oxygen atoms in total. The SMILES string of the molecule is C/C=C(\C)[C@H]1OC(=O)[C@@H](C)NC(=O)[C@H]([C@H](C)CC)NC(=O)CN(C)C(=O)[C@@H](Cc2ccccc2)N(C)C(=O)[C@H](C)NC(=O)[C@@H](CC(C)C)OC(=O)/C(C)=C/C[C@H](OC(=O)NCCCOCCOCCOCCCNC(=O)OC(C)(C)C)[C@@H]1C. The number of amides is 7. The number of esters is 2. The number of nitrogens with one attached hydrogen (secondary N) is 5. The fourth-order valence-corrected chi connectivity index (χ4v) is 8.46. The van der Waals surface area contributed by atoms with E-state index in [0.717, 1.165) is 4.90 Å². The lowest BCUT2D eigenvalue weighted by atomic mass is 9.90. The first kappa shape index (κ1) is 72.5. The number of cyclic esters (lactones) is 2. The zero-order valence-electron chi connectivity index (χ0n) is 51.8. The van der Waals surface area contributed by atoms with Crippen molar-refractivity contribution >= 4 is 53.7 Å². The van der Waals surface area contributed by atoms with Crippen LogP contribution in [0.1, 0.15) is 128 Å². The Labute approximate surface area is 491 Å². The number of carbonyl (C=O) groups excluding carboxylic acids is 9. The van der Waals surface area contributed by atoms with E-state index >= 15 is 0 Å². The van der Waals surface area contributed by atoms with Crippen molar-refractivity contribution in [1.82, 2.24) is 36.4 Å². The number of hydrogen-bond acceptors (Lipinski definition) is 16. The van der Waals surface area contributed by atoms with Crippen molar-refractivity contribution < 1.29 is 76.3 Å². The average molecular weight is 1170 g/mol. The summed E-state index contributed by atoms with van der Waals surface area (Å²) < 4.78 is 39.9. The lowest BCUT2D eigenvalue weighted by Gasteiger charge is -2.33. The second-order valence-corrected chi connectivity index (χ2v) is 22.5. The highest BCUT2D eigenvalue weighted by atomic mass is 16.6. The Balaban J connectivity index is 2.37. The molecule has 2 rings (SSSR count). The highest BCUT2D eigenvalue weighted by Gasteiger charge is 2.38. The molecule has 9 atom stereocenters. The second-order valence-electron chi connectivity index (χ2n) is 22.5. The Morgan fingerprint density at radius 3 is 1.90 bits per heavy atom. The maximum atomic E-state index is 14.3. The molecule has 1 heterocycles. The van der Waals surface area contributed by atoms with Gasteiger partial charge in [0.25, 0.3) is 5.91 Å². The standard InChI is InChI=1S/C60H97N7O16/c1-16-39(5)50-53(70)64-44(10)57(74)82-51(40(6)17-2)42(8)47(81-58(75)61-27-21-29-77-31-33-79-34-32-78-30-22-28-62-59(76)83-60(11,12)13)26-25-41(7)56(73)80-48(35-38(3)4)52(69)63-43(9)54(71)67(15)46(36-45-23-19-18-20-24-45)55(72)66(14)37-49(68)65-50/h17-20,23-25,38-39,42-44,46-48,50-51H,16,21-22,26-37H2,1-15H3,(H,61,75)(H,62,76)(H,63,69)(H,64,70)(H,65,68)/b40-17+,41-25+/t39-,42+,43+,44-,46-,47+,48-,50+,51-/m1/s1. The van der Waals surface area contributed by atoms with Gasteiger partial charge >= 0.3 is 24.1 Å². The minimum absolute atomic E-state index is 0.0530. The van der Waals surface area contributed by atoms with Crippen LogP contribution in [0, 0.1) is 17.8 Å². The minimum Gasteiger partial charge on any atom is -0.456 e. The zero-order valence-corrected chi connectivity index (χ0v) is 51.8. The normalized spacial score (nSPS) is 23.9. The summed E-state index contributed by atoms with van der Waals surface area (Å²) in [4.78, 5) is 126. The fourth-order valence-electron chi connectivity index (χ4n) is 8.46. The zero-order chi connectivity index (χ0) is 62.4. The van der Waals surface area contributed by atoms with Gasteiger partial charge < -0.3 is 69.5 Å². The van der Waals surface area contributed by atoms with E-state index in [9.17, 15) is 43.2 Å². The van der Waals surface area contributed by atoms with Crippen LogP contribution >= 0.6 is 0 Å². The van der Waals surface area contributed by atoms with Crippen LogP contribution in [0.5, 0.6) is 0 Å². The molecule has 0 unspecified atom stereocenters. The van der Waals surface area contributed by atoms with Crippen LogP contribution < -0.4 is 26.6 Å². The molecule has 0 spiro atoms. The molecule has 23 heteroatoms. The lowest BCUT2D eigenvalue weighted by molar-refractivity contribution is -0.155. The minimum atomic E-state index is -1.34. The third-order valence-electron chi connectivity index (χ3n) is 13.7. The Morgan fingerprint density at radius 2 is 1.35 bits per heavy atom. The summed E-state index contributed by atoms with van der Waals surface area (Å²) in [5, 5.41) is 13.5. The number of nitrogens with zero attached hydrogens (tertiary/aromatic N) is 2. The number of hydrogen-bond donors (Lipinski definition) is 5. The quantitative estimate of drug-likeness (QED) is 0.0425. The molecule has 1 aromatic rings. The van der Waals surface area contributed by atoms with Crippen LogP contribution in [-0.2, 0) is 73.1 Å². The number of rotatable bonds is 22. The third kappa shape index (κ3) is 27.6. The molecule has 0 aliphatic carbocycles. The average Bonchev–Trinajstić information content (AvgIpc) is 3.43. The van der Waals surface area contributed by atoms with Crippen molar-refractivity contribution in [2.24, 2.45) is 17.8 Å². The van der Waals surface area contributed by atoms with E-state index in [1.807, 2.05) is 20.8 Å². The fraction of sp³-hybridized carbons (Fsp3) is 0.683. The lowest BCUT2D eigenvalue weighted by Crippen LogP contribution is -2.57. The number of alkyl carbamates (subject to hydrolysis) is 2. The maximum absolute atomic E-state index is 14.3. The van der Waals surface area contributed by atoms with E-state index in [1.165, 1.54) is 45.8 Å². The number of carbonyl (C=O) groups is 9. The van der Waals surface area contributed by atoms with Crippen molar-refractivity contribution in [3.63, 3.8) is 0 Å². The molecule has 0 fully saturated rings. The molecule has 1 aliphatic heterocycles. The molecular weight excluding hydrogens is 1070 g/mol. The summed E-state index contributed by atoms with van der Waals surface area (Å²) in [6.45, 7) is 24.4. The van der Waals surface area contributed by atoms with Crippen LogP contribution in [-0.4, -0.2) is 185 Å². The number of benzene rings is 1. The smallest absolute Gasteiger partial charge is 0.407 e. The summed E-state index contributed by atoms with van der Waals surface area (Å²) in [7, 11) is 2.83. The number of ether oxygens (including phenoxy) is 7. The first-order valence-electron chi connectivity index (χ1n) is 28.9. The van der Waals surface area contributed by atoms with Gasteiger partial charge in [-0.05, 0) is 97.6 Å². The molecule has 7 amide bonds. The Kier molecular flexibility index (Phi) is 32.8. The first-order valence-corrected chi connectivity index (χ1v) is 28.9. The van der Waals surface area contributed by atoms with Gasteiger partial charge in [0, 0.05) is 64.7 Å². The van der Waals surface area contributed by atoms with E-state index in [0.29, 0.717) is 76.6 Å². The van der Waals surface area contributed by atoms with E-state index in [2.05, 4.69) is 26.6 Å². The molecule has 0 aromatic heterocycles. The predicted molar refractivity (Wildman–Crippen MR) is 311 cm³/mol. The third-order valence-corrected chi connectivity index (χ3v) is 13.7. The first-order chi connectivity index (χ1) is 39.1. The maximum Gasteiger partial charge on any atom is 0.407 e. The van der Waals surface area contributed by atoms with E-state index in [-0.39, 0.29) is 37.3 Å². The van der Waals surface area contributed by atoms with Crippen molar-refractivity contribution in [2.45, 2.75) is 177 Å². The van der Waals surface area contributed by atoms with E-state index in [1.54, 1.807) is 84.9 Å². The number of likely N-dealkylation sites (N-methyl/N-ethyl adjacent to an activating group) is 2. The van der Waals surface area contributed by atoms with Crippen molar-refractivity contribution in [1.29, 1.82) is 0 Å². The Morgan fingerprint density at radius 1 is 0.783 bits per heavy atom. The summed E-state index contributed by atoms with van der Waals surface area (Å²) in [6.07, 6.45) is 0.0931. The van der Waals surface area contributed by atoms with E-state index in [4.69, 9.17) is 33.2 Å². The second kappa shape index (κ2) is 37.6. The summed E-state index contributed by atoms with van der Waals surface area (Å²) in [5.41, 5.74) is 0.800. The molecule has 83 heavy (non-hydrogen) atoms. The van der Waals surface area contributed by atoms with Crippen LogP contribution in [0.2, 0.25) is 0 Å².